The monoisotopic (exact) mass is 350 g/mol. The standard InChI is InChI=1S/C9H4ClIN2O3/c10-3-9(14)5-1-7(11)6(4-12)8(2-5)13(15)16/h1-2H,3H2. The van der Waals surface area contributed by atoms with Gasteiger partial charge in [0.05, 0.1) is 10.8 Å². The molecule has 0 atom stereocenters. The number of benzene rings is 1. The number of Topliss-reactive ketones (excluding diaryl/α,β-unsaturated/α-hetero) is 1. The van der Waals surface area contributed by atoms with Crippen LogP contribution in [0.3, 0.4) is 0 Å². The summed E-state index contributed by atoms with van der Waals surface area (Å²) < 4.78 is 0.364. The molecule has 0 unspecified atom stereocenters. The number of nitriles is 1. The average Bonchev–Trinajstić information content (AvgIpc) is 2.26. The maximum Gasteiger partial charge on any atom is 0.288 e. The van der Waals surface area contributed by atoms with Crippen molar-refractivity contribution in [3.63, 3.8) is 0 Å². The van der Waals surface area contributed by atoms with Gasteiger partial charge in [-0.15, -0.1) is 11.6 Å². The van der Waals surface area contributed by atoms with Crippen molar-refractivity contribution < 1.29 is 9.72 Å². The summed E-state index contributed by atoms with van der Waals surface area (Å²) in [5.41, 5.74) is -0.273. The highest BCUT2D eigenvalue weighted by Crippen LogP contribution is 2.25. The number of nitrogens with zero attached hydrogens (tertiary/aromatic N) is 2. The van der Waals surface area contributed by atoms with Crippen molar-refractivity contribution in [3.8, 4) is 6.07 Å². The number of alkyl halides is 1. The third-order valence-electron chi connectivity index (χ3n) is 1.82. The zero-order chi connectivity index (χ0) is 12.3. The largest absolute Gasteiger partial charge is 0.293 e. The van der Waals surface area contributed by atoms with Crippen LogP contribution in [0.1, 0.15) is 15.9 Å². The van der Waals surface area contributed by atoms with Crippen LogP contribution in [0.4, 0.5) is 5.69 Å². The van der Waals surface area contributed by atoms with Crippen LogP contribution in [0.25, 0.3) is 0 Å². The summed E-state index contributed by atoms with van der Waals surface area (Å²) in [6.07, 6.45) is 0. The fourth-order valence-corrected chi connectivity index (χ4v) is 1.97. The van der Waals surface area contributed by atoms with Crippen LogP contribution < -0.4 is 0 Å². The molecule has 0 bridgehead atoms. The van der Waals surface area contributed by atoms with Gasteiger partial charge in [-0.3, -0.25) is 14.9 Å². The van der Waals surface area contributed by atoms with E-state index in [4.69, 9.17) is 16.9 Å². The van der Waals surface area contributed by atoms with Gasteiger partial charge in [-0.1, -0.05) is 0 Å². The molecule has 0 saturated carbocycles. The number of rotatable bonds is 3. The Labute approximate surface area is 109 Å². The third kappa shape index (κ3) is 2.48. The number of halogens is 2. The molecule has 0 aliphatic rings. The number of nitro groups is 1. The molecule has 1 rings (SSSR count). The van der Waals surface area contributed by atoms with Gasteiger partial charge in [0.1, 0.15) is 11.6 Å². The highest BCUT2D eigenvalue weighted by molar-refractivity contribution is 14.1. The lowest BCUT2D eigenvalue weighted by Gasteiger charge is -2.01. The predicted octanol–water partition coefficient (Wildman–Crippen LogP) is 2.49. The first-order chi connectivity index (χ1) is 7.51. The molecule has 0 aromatic heterocycles. The SMILES string of the molecule is N#Cc1c(I)cc(C(=O)CCl)cc1[N+](=O)[O-]. The maximum atomic E-state index is 11.3. The molecule has 0 aliphatic heterocycles. The molecule has 1 aromatic rings. The van der Waals surface area contributed by atoms with Gasteiger partial charge in [0.15, 0.2) is 5.78 Å². The van der Waals surface area contributed by atoms with Gasteiger partial charge in [0.25, 0.3) is 5.69 Å². The minimum atomic E-state index is -0.689. The van der Waals surface area contributed by atoms with E-state index >= 15 is 0 Å². The molecule has 0 fully saturated rings. The number of carbonyl (C=O) groups excluding carboxylic acids is 1. The van der Waals surface area contributed by atoms with Gasteiger partial charge >= 0.3 is 0 Å². The Kier molecular flexibility index (Phi) is 4.20. The highest BCUT2D eigenvalue weighted by atomic mass is 127. The molecule has 82 valence electrons. The number of nitro benzene ring substituents is 1. The minimum absolute atomic E-state index is 0.0447. The Morgan fingerprint density at radius 2 is 2.25 bits per heavy atom. The van der Waals surface area contributed by atoms with Crippen molar-refractivity contribution in [1.82, 2.24) is 0 Å². The summed E-state index contributed by atoms with van der Waals surface area (Å²) in [6, 6.07) is 4.22. The van der Waals surface area contributed by atoms with E-state index in [0.717, 1.165) is 6.07 Å². The molecule has 0 saturated heterocycles. The Morgan fingerprint density at radius 1 is 1.62 bits per heavy atom. The number of ketones is 1. The van der Waals surface area contributed by atoms with E-state index in [-0.39, 0.29) is 22.7 Å². The zero-order valence-corrected chi connectivity index (χ0v) is 10.7. The first-order valence-corrected chi connectivity index (χ1v) is 5.59. The first kappa shape index (κ1) is 12.9. The van der Waals surface area contributed by atoms with E-state index in [1.807, 2.05) is 0 Å². The van der Waals surface area contributed by atoms with E-state index in [9.17, 15) is 14.9 Å². The number of hydrogen-bond donors (Lipinski definition) is 0. The predicted molar refractivity (Wildman–Crippen MR) is 65.6 cm³/mol. The molecule has 0 spiro atoms. The fourth-order valence-electron chi connectivity index (χ4n) is 1.08. The van der Waals surface area contributed by atoms with Gasteiger partial charge in [-0.05, 0) is 28.7 Å². The second-order valence-corrected chi connectivity index (χ2v) is 4.21. The molecule has 0 radical (unpaired) electrons. The second-order valence-electron chi connectivity index (χ2n) is 2.78. The van der Waals surface area contributed by atoms with Crippen LogP contribution in [-0.4, -0.2) is 16.6 Å². The summed E-state index contributed by atoms with van der Waals surface area (Å²) >= 11 is 7.13. The van der Waals surface area contributed by atoms with Gasteiger partial charge in [0.2, 0.25) is 0 Å². The van der Waals surface area contributed by atoms with Crippen molar-refractivity contribution in [2.24, 2.45) is 0 Å². The van der Waals surface area contributed by atoms with E-state index in [0.29, 0.717) is 3.57 Å². The zero-order valence-electron chi connectivity index (χ0n) is 7.74. The van der Waals surface area contributed by atoms with Crippen molar-refractivity contribution in [3.05, 3.63) is 36.9 Å². The molecule has 0 heterocycles. The minimum Gasteiger partial charge on any atom is -0.293 e. The molecular weight excluding hydrogens is 346 g/mol. The van der Waals surface area contributed by atoms with Crippen LogP contribution in [0.15, 0.2) is 12.1 Å². The maximum absolute atomic E-state index is 11.3. The molecule has 7 heteroatoms. The topological polar surface area (TPSA) is 84.0 Å². The molecule has 16 heavy (non-hydrogen) atoms. The molecular formula is C9H4ClIN2O3. The van der Waals surface area contributed by atoms with Crippen LogP contribution in [0.2, 0.25) is 0 Å². The summed E-state index contributed by atoms with van der Waals surface area (Å²) in [4.78, 5) is 21.3. The number of hydrogen-bond acceptors (Lipinski definition) is 4. The van der Waals surface area contributed by atoms with Crippen LogP contribution in [0, 0.1) is 25.0 Å². The van der Waals surface area contributed by atoms with E-state index in [2.05, 4.69) is 0 Å². The first-order valence-electron chi connectivity index (χ1n) is 3.98. The summed E-state index contributed by atoms with van der Waals surface area (Å²) in [7, 11) is 0. The molecule has 5 nitrogen and oxygen atoms in total. The average molecular weight is 350 g/mol. The summed E-state index contributed by atoms with van der Waals surface area (Å²) in [5, 5.41) is 19.5. The lowest BCUT2D eigenvalue weighted by molar-refractivity contribution is -0.385. The molecule has 0 aliphatic carbocycles. The Hall–Kier alpha value is -1.20. The van der Waals surface area contributed by atoms with Crippen LogP contribution in [0.5, 0.6) is 0 Å². The van der Waals surface area contributed by atoms with Crippen molar-refractivity contribution in [2.75, 3.05) is 5.88 Å². The van der Waals surface area contributed by atoms with Gasteiger partial charge in [-0.25, -0.2) is 0 Å². The van der Waals surface area contributed by atoms with E-state index in [1.165, 1.54) is 6.07 Å². The Bertz CT molecular complexity index is 510. The second kappa shape index (κ2) is 5.23. The third-order valence-corrected chi connectivity index (χ3v) is 2.91. The molecule has 1 aromatic carbocycles. The number of carbonyl (C=O) groups is 1. The lowest BCUT2D eigenvalue weighted by atomic mass is 10.1. The summed E-state index contributed by atoms with van der Waals surface area (Å²) in [6.45, 7) is 0. The fraction of sp³-hybridized carbons (Fsp3) is 0.111. The highest BCUT2D eigenvalue weighted by Gasteiger charge is 2.20. The van der Waals surface area contributed by atoms with Gasteiger partial charge in [0, 0.05) is 15.2 Å². The van der Waals surface area contributed by atoms with E-state index in [1.54, 1.807) is 28.7 Å². The quantitative estimate of drug-likeness (QED) is 0.276. The normalized spacial score (nSPS) is 9.56. The Morgan fingerprint density at radius 3 is 2.69 bits per heavy atom. The Balaban J connectivity index is 3.47. The van der Waals surface area contributed by atoms with Crippen LogP contribution in [-0.2, 0) is 0 Å². The molecule has 0 amide bonds. The van der Waals surface area contributed by atoms with Gasteiger partial charge in [-0.2, -0.15) is 5.26 Å². The van der Waals surface area contributed by atoms with Gasteiger partial charge < -0.3 is 0 Å². The summed E-state index contributed by atoms with van der Waals surface area (Å²) in [5.74, 6) is -0.661. The van der Waals surface area contributed by atoms with Crippen LogP contribution >= 0.6 is 34.2 Å². The lowest BCUT2D eigenvalue weighted by Crippen LogP contribution is -2.04. The van der Waals surface area contributed by atoms with Crippen molar-refractivity contribution >= 4 is 45.7 Å². The van der Waals surface area contributed by atoms with E-state index < -0.39 is 10.7 Å². The molecule has 0 N–H and O–H groups in total. The van der Waals surface area contributed by atoms with Crippen molar-refractivity contribution in [1.29, 1.82) is 5.26 Å². The van der Waals surface area contributed by atoms with Crippen molar-refractivity contribution in [2.45, 2.75) is 0 Å². The smallest absolute Gasteiger partial charge is 0.288 e.